The molecule has 1 aromatic heterocycles. The molecule has 6 heteroatoms. The number of hydrogen-bond acceptors (Lipinski definition) is 4. The number of rotatable bonds is 4. The Hall–Kier alpha value is -1.40. The molecule has 0 aliphatic heterocycles. The van der Waals surface area contributed by atoms with E-state index in [-0.39, 0.29) is 5.56 Å². The van der Waals surface area contributed by atoms with Crippen LogP contribution in [0.25, 0.3) is 0 Å². The van der Waals surface area contributed by atoms with Crippen LogP contribution < -0.4 is 0 Å². The highest BCUT2D eigenvalue weighted by molar-refractivity contribution is 9.10. The maximum absolute atomic E-state index is 10.9. The third-order valence-electron chi connectivity index (χ3n) is 2.44. The van der Waals surface area contributed by atoms with Gasteiger partial charge in [0, 0.05) is 15.6 Å². The Bertz CT molecular complexity index is 602. The summed E-state index contributed by atoms with van der Waals surface area (Å²) in [5.74, 6) is 0.252. The zero-order chi connectivity index (χ0) is 13.8. The fourth-order valence-corrected chi connectivity index (χ4v) is 2.50. The van der Waals surface area contributed by atoms with E-state index >= 15 is 0 Å². The number of hydrogen-bond donors (Lipinski definition) is 1. The maximum Gasteiger partial charge on any atom is 0.339 e. The Morgan fingerprint density at radius 1 is 1.37 bits per heavy atom. The van der Waals surface area contributed by atoms with Gasteiger partial charge >= 0.3 is 5.97 Å². The number of aryl methyl sites for hydroxylation is 1. The van der Waals surface area contributed by atoms with E-state index in [9.17, 15) is 4.79 Å². The van der Waals surface area contributed by atoms with Crippen molar-refractivity contribution < 1.29 is 9.90 Å². The fraction of sp³-hybridized carbons (Fsp3) is 0.154. The van der Waals surface area contributed by atoms with Gasteiger partial charge in [-0.05, 0) is 31.2 Å². The van der Waals surface area contributed by atoms with Gasteiger partial charge in [-0.1, -0.05) is 15.9 Å². The summed E-state index contributed by atoms with van der Waals surface area (Å²) in [7, 11) is 0. The van der Waals surface area contributed by atoms with Crippen LogP contribution in [0.2, 0.25) is 0 Å². The lowest BCUT2D eigenvalue weighted by Crippen LogP contribution is -2.05. The number of carboxylic acid groups (broad SMARTS) is 1. The molecule has 0 unspecified atom stereocenters. The van der Waals surface area contributed by atoms with Gasteiger partial charge in [0.2, 0.25) is 0 Å². The van der Waals surface area contributed by atoms with Crippen molar-refractivity contribution in [3.05, 3.63) is 52.0 Å². The number of thioether (sulfide) groups is 1. The van der Waals surface area contributed by atoms with E-state index in [0.29, 0.717) is 17.3 Å². The normalized spacial score (nSPS) is 10.4. The van der Waals surface area contributed by atoms with Crippen molar-refractivity contribution in [1.82, 2.24) is 9.97 Å². The number of aromatic carboxylic acids is 1. The predicted octanol–water partition coefficient (Wildman–Crippen LogP) is 3.54. The molecule has 0 aliphatic carbocycles. The average molecular weight is 339 g/mol. The van der Waals surface area contributed by atoms with Gasteiger partial charge in [0.25, 0.3) is 0 Å². The number of carbonyl (C=O) groups is 1. The van der Waals surface area contributed by atoms with Crippen LogP contribution in [-0.2, 0) is 5.75 Å². The van der Waals surface area contributed by atoms with Gasteiger partial charge in [0.05, 0.1) is 17.0 Å². The number of nitrogens with zero attached hydrogens (tertiary/aromatic N) is 2. The highest BCUT2D eigenvalue weighted by Gasteiger charge is 2.09. The first kappa shape index (κ1) is 14.0. The van der Waals surface area contributed by atoms with Crippen LogP contribution in [0.5, 0.6) is 0 Å². The van der Waals surface area contributed by atoms with Gasteiger partial charge in [-0.2, -0.15) is 0 Å². The van der Waals surface area contributed by atoms with Crippen LogP contribution in [0, 0.1) is 6.92 Å². The molecule has 1 aromatic carbocycles. The molecule has 98 valence electrons. The van der Waals surface area contributed by atoms with Crippen LogP contribution in [0.4, 0.5) is 0 Å². The number of halogens is 1. The van der Waals surface area contributed by atoms with E-state index in [1.54, 1.807) is 18.7 Å². The number of benzene rings is 1. The summed E-state index contributed by atoms with van der Waals surface area (Å²) < 4.78 is 1.04. The smallest absolute Gasteiger partial charge is 0.339 e. The molecule has 0 radical (unpaired) electrons. The molecule has 4 nitrogen and oxygen atoms in total. The van der Waals surface area contributed by atoms with Crippen molar-refractivity contribution in [2.45, 2.75) is 17.6 Å². The minimum atomic E-state index is -0.996. The maximum atomic E-state index is 10.9. The average Bonchev–Trinajstić information content (AvgIpc) is 2.37. The van der Waals surface area contributed by atoms with Crippen molar-refractivity contribution in [3.63, 3.8) is 0 Å². The van der Waals surface area contributed by atoms with Crippen molar-refractivity contribution in [2.24, 2.45) is 0 Å². The molecular formula is C13H11BrN2O2S. The quantitative estimate of drug-likeness (QED) is 0.864. The van der Waals surface area contributed by atoms with E-state index in [0.717, 1.165) is 9.37 Å². The summed E-state index contributed by atoms with van der Waals surface area (Å²) >= 11 is 4.99. The Labute approximate surface area is 123 Å². The highest BCUT2D eigenvalue weighted by Crippen LogP contribution is 2.23. The van der Waals surface area contributed by atoms with E-state index in [2.05, 4.69) is 25.9 Å². The van der Waals surface area contributed by atoms with E-state index in [1.807, 2.05) is 24.3 Å². The zero-order valence-electron chi connectivity index (χ0n) is 10.1. The SMILES string of the molecule is Cc1nc(CSc2ccc(Br)cc2)ncc1C(=O)O. The molecule has 1 heterocycles. The van der Waals surface area contributed by atoms with Crippen LogP contribution in [0.3, 0.4) is 0 Å². The minimum absolute atomic E-state index is 0.150. The number of aromatic nitrogens is 2. The van der Waals surface area contributed by atoms with Crippen LogP contribution in [-0.4, -0.2) is 21.0 Å². The number of carboxylic acids is 1. The van der Waals surface area contributed by atoms with Crippen molar-refractivity contribution in [2.75, 3.05) is 0 Å². The molecule has 0 saturated carbocycles. The first-order valence-corrected chi connectivity index (χ1v) is 7.28. The first-order chi connectivity index (χ1) is 9.06. The zero-order valence-corrected chi connectivity index (χ0v) is 12.5. The van der Waals surface area contributed by atoms with Gasteiger partial charge in [-0.25, -0.2) is 14.8 Å². The molecule has 0 amide bonds. The van der Waals surface area contributed by atoms with Crippen LogP contribution in [0.15, 0.2) is 39.8 Å². The lowest BCUT2D eigenvalue weighted by Gasteiger charge is -2.04. The van der Waals surface area contributed by atoms with Gasteiger partial charge in [-0.15, -0.1) is 11.8 Å². The van der Waals surface area contributed by atoms with Gasteiger partial charge in [0.15, 0.2) is 0 Å². The summed E-state index contributed by atoms with van der Waals surface area (Å²) in [6.45, 7) is 1.68. The molecule has 0 fully saturated rings. The lowest BCUT2D eigenvalue weighted by molar-refractivity contribution is 0.0695. The molecule has 1 N–H and O–H groups in total. The van der Waals surface area contributed by atoms with Crippen molar-refractivity contribution >= 4 is 33.7 Å². The molecule has 0 saturated heterocycles. The highest BCUT2D eigenvalue weighted by atomic mass is 79.9. The largest absolute Gasteiger partial charge is 0.478 e. The molecule has 2 aromatic rings. The second-order valence-corrected chi connectivity index (χ2v) is 5.80. The predicted molar refractivity (Wildman–Crippen MR) is 77.4 cm³/mol. The second-order valence-electron chi connectivity index (χ2n) is 3.83. The molecule has 2 rings (SSSR count). The third-order valence-corrected chi connectivity index (χ3v) is 3.98. The molecule has 0 spiro atoms. The van der Waals surface area contributed by atoms with Crippen LogP contribution >= 0.6 is 27.7 Å². The van der Waals surface area contributed by atoms with E-state index < -0.39 is 5.97 Å². The Morgan fingerprint density at radius 3 is 2.63 bits per heavy atom. The third kappa shape index (κ3) is 3.78. The first-order valence-electron chi connectivity index (χ1n) is 5.50. The van der Waals surface area contributed by atoms with Gasteiger partial charge < -0.3 is 5.11 Å². The Kier molecular flexibility index (Phi) is 4.55. The summed E-state index contributed by atoms with van der Waals surface area (Å²) in [5, 5.41) is 8.90. The fourth-order valence-electron chi connectivity index (χ4n) is 1.47. The standard InChI is InChI=1S/C13H11BrN2O2S/c1-8-11(13(17)18)6-15-12(16-8)7-19-10-4-2-9(14)3-5-10/h2-6H,7H2,1H3,(H,17,18). The monoisotopic (exact) mass is 338 g/mol. The Balaban J connectivity index is 2.06. The minimum Gasteiger partial charge on any atom is -0.478 e. The lowest BCUT2D eigenvalue weighted by atomic mass is 10.2. The molecule has 0 aliphatic rings. The van der Waals surface area contributed by atoms with Gasteiger partial charge in [0.1, 0.15) is 5.82 Å². The van der Waals surface area contributed by atoms with Gasteiger partial charge in [-0.3, -0.25) is 0 Å². The second kappa shape index (κ2) is 6.16. The topological polar surface area (TPSA) is 63.1 Å². The summed E-state index contributed by atoms with van der Waals surface area (Å²) in [4.78, 5) is 20.2. The van der Waals surface area contributed by atoms with E-state index in [1.165, 1.54) is 6.20 Å². The summed E-state index contributed by atoms with van der Waals surface area (Å²) in [6.07, 6.45) is 1.36. The molecule has 0 atom stereocenters. The summed E-state index contributed by atoms with van der Waals surface area (Å²) in [6, 6.07) is 7.96. The summed E-state index contributed by atoms with van der Waals surface area (Å²) in [5.41, 5.74) is 0.645. The van der Waals surface area contributed by atoms with Crippen molar-refractivity contribution in [3.8, 4) is 0 Å². The molecule has 19 heavy (non-hydrogen) atoms. The van der Waals surface area contributed by atoms with E-state index in [4.69, 9.17) is 5.11 Å². The molecular weight excluding hydrogens is 328 g/mol. The van der Waals surface area contributed by atoms with Crippen molar-refractivity contribution in [1.29, 1.82) is 0 Å². The van der Waals surface area contributed by atoms with Crippen LogP contribution in [0.1, 0.15) is 21.9 Å². The Morgan fingerprint density at radius 2 is 2.05 bits per heavy atom. The molecule has 0 bridgehead atoms.